The molecule has 100 valence electrons. The normalized spacial score (nSPS) is 11.4. The van der Waals surface area contributed by atoms with E-state index in [-0.39, 0.29) is 0 Å². The Kier molecular flexibility index (Phi) is 3.96. The highest BCUT2D eigenvalue weighted by atomic mass is 16.4. The second-order valence-corrected chi connectivity index (χ2v) is 4.14. The third kappa shape index (κ3) is 3.11. The summed E-state index contributed by atoms with van der Waals surface area (Å²) in [6.45, 7) is 0. The molecule has 0 fully saturated rings. The van der Waals surface area contributed by atoms with Gasteiger partial charge >= 0.3 is 11.9 Å². The first-order valence-electron chi connectivity index (χ1n) is 5.91. The number of rotatable bonds is 4. The van der Waals surface area contributed by atoms with Gasteiger partial charge in [-0.15, -0.1) is 0 Å². The molecule has 0 atom stereocenters. The van der Waals surface area contributed by atoms with Gasteiger partial charge in [0.2, 0.25) is 0 Å². The third-order valence-corrected chi connectivity index (χ3v) is 2.78. The molecular formula is C16H12O4. The summed E-state index contributed by atoms with van der Waals surface area (Å²) in [5.41, 5.74) is 1.46. The second kappa shape index (κ2) is 5.84. The van der Waals surface area contributed by atoms with Gasteiger partial charge in [0.25, 0.3) is 0 Å². The van der Waals surface area contributed by atoms with Crippen LogP contribution < -0.4 is 0 Å². The molecule has 0 aliphatic heterocycles. The number of carboxylic acids is 2. The van der Waals surface area contributed by atoms with Gasteiger partial charge in [-0.05, 0) is 34.1 Å². The quantitative estimate of drug-likeness (QED) is 0.836. The number of carbonyl (C=O) groups is 2. The molecule has 20 heavy (non-hydrogen) atoms. The van der Waals surface area contributed by atoms with Crippen molar-refractivity contribution >= 4 is 34.9 Å². The lowest BCUT2D eigenvalue weighted by Crippen LogP contribution is -1.89. The van der Waals surface area contributed by atoms with Crippen molar-refractivity contribution in [3.8, 4) is 0 Å². The van der Waals surface area contributed by atoms with Gasteiger partial charge in [-0.2, -0.15) is 0 Å². The fraction of sp³-hybridized carbons (Fsp3) is 0. The van der Waals surface area contributed by atoms with Gasteiger partial charge < -0.3 is 10.2 Å². The molecule has 2 N–H and O–H groups in total. The van der Waals surface area contributed by atoms with Crippen molar-refractivity contribution in [3.05, 3.63) is 59.7 Å². The summed E-state index contributed by atoms with van der Waals surface area (Å²) >= 11 is 0. The molecule has 0 saturated carbocycles. The van der Waals surface area contributed by atoms with Crippen LogP contribution in [0.5, 0.6) is 0 Å². The van der Waals surface area contributed by atoms with Crippen molar-refractivity contribution in [2.75, 3.05) is 0 Å². The lowest BCUT2D eigenvalue weighted by molar-refractivity contribution is -0.132. The maximum Gasteiger partial charge on any atom is 0.328 e. The van der Waals surface area contributed by atoms with Gasteiger partial charge in [0.05, 0.1) is 0 Å². The minimum atomic E-state index is -1.03. The van der Waals surface area contributed by atoms with E-state index < -0.39 is 11.9 Å². The number of carboxylic acid groups (broad SMARTS) is 2. The number of fused-ring (bicyclic) bond motifs is 1. The highest BCUT2D eigenvalue weighted by molar-refractivity contribution is 6.00. The van der Waals surface area contributed by atoms with Gasteiger partial charge in [0, 0.05) is 12.2 Å². The molecule has 0 saturated heterocycles. The summed E-state index contributed by atoms with van der Waals surface area (Å²) in [7, 11) is 0. The molecule has 4 heteroatoms. The Morgan fingerprint density at radius 3 is 1.65 bits per heavy atom. The minimum absolute atomic E-state index is 0.732. The summed E-state index contributed by atoms with van der Waals surface area (Å²) in [6.07, 6.45) is 5.13. The van der Waals surface area contributed by atoms with Crippen LogP contribution >= 0.6 is 0 Å². The van der Waals surface area contributed by atoms with Crippen LogP contribution in [-0.2, 0) is 9.59 Å². The Labute approximate surface area is 115 Å². The Hall–Kier alpha value is -2.88. The van der Waals surface area contributed by atoms with E-state index in [1.807, 2.05) is 24.3 Å². The summed E-state index contributed by atoms with van der Waals surface area (Å²) < 4.78 is 0. The SMILES string of the molecule is O=C(O)/C=C/c1cccc2cccc(/C=C/C(=O)O)c12. The van der Waals surface area contributed by atoms with E-state index in [1.54, 1.807) is 12.1 Å². The Morgan fingerprint density at radius 2 is 1.25 bits per heavy atom. The molecule has 0 unspecified atom stereocenters. The van der Waals surface area contributed by atoms with Crippen LogP contribution in [0.1, 0.15) is 11.1 Å². The van der Waals surface area contributed by atoms with Crippen molar-refractivity contribution in [2.45, 2.75) is 0 Å². The van der Waals surface area contributed by atoms with E-state index in [1.165, 1.54) is 12.2 Å². The van der Waals surface area contributed by atoms with Crippen LogP contribution in [0.3, 0.4) is 0 Å². The van der Waals surface area contributed by atoms with E-state index >= 15 is 0 Å². The zero-order valence-electron chi connectivity index (χ0n) is 10.5. The highest BCUT2D eigenvalue weighted by Gasteiger charge is 2.03. The molecule has 4 nitrogen and oxygen atoms in total. The van der Waals surface area contributed by atoms with E-state index in [0.717, 1.165) is 34.1 Å². The number of hydrogen-bond acceptors (Lipinski definition) is 2. The molecule has 0 aliphatic carbocycles. The van der Waals surface area contributed by atoms with E-state index in [2.05, 4.69) is 0 Å². The molecule has 0 bridgehead atoms. The average Bonchev–Trinajstić information content (AvgIpc) is 2.42. The minimum Gasteiger partial charge on any atom is -0.478 e. The predicted molar refractivity (Wildman–Crippen MR) is 77.3 cm³/mol. The summed E-state index contributed by atoms with van der Waals surface area (Å²) in [4.78, 5) is 21.3. The van der Waals surface area contributed by atoms with Gasteiger partial charge in [-0.3, -0.25) is 0 Å². The molecule has 0 aliphatic rings. The fourth-order valence-corrected chi connectivity index (χ4v) is 2.00. The summed E-state index contributed by atoms with van der Waals surface area (Å²) in [5.74, 6) is -2.05. The average molecular weight is 268 g/mol. The van der Waals surface area contributed by atoms with Crippen LogP contribution in [0.15, 0.2) is 48.6 Å². The first-order chi connectivity index (χ1) is 9.58. The Morgan fingerprint density at radius 1 is 0.800 bits per heavy atom. The number of benzene rings is 2. The zero-order valence-corrected chi connectivity index (χ0v) is 10.5. The summed E-state index contributed by atoms with van der Waals surface area (Å²) in [6, 6.07) is 11.0. The standard InChI is InChI=1S/C16H12O4/c17-14(18)9-7-12-5-1-3-11-4-2-6-13(16(11)12)8-10-15(19)20/h1-10H,(H,17,18)(H,19,20)/b9-7+,10-8+. The van der Waals surface area contributed by atoms with Crippen molar-refractivity contribution in [1.82, 2.24) is 0 Å². The lowest BCUT2D eigenvalue weighted by Gasteiger charge is -2.06. The van der Waals surface area contributed by atoms with E-state index in [4.69, 9.17) is 10.2 Å². The largest absolute Gasteiger partial charge is 0.478 e. The summed E-state index contributed by atoms with van der Waals surface area (Å²) in [5, 5.41) is 19.2. The molecule has 0 heterocycles. The molecule has 2 aromatic rings. The van der Waals surface area contributed by atoms with Crippen molar-refractivity contribution in [2.24, 2.45) is 0 Å². The molecule has 0 spiro atoms. The molecular weight excluding hydrogens is 256 g/mol. The molecule has 2 aromatic carbocycles. The van der Waals surface area contributed by atoms with E-state index in [9.17, 15) is 9.59 Å². The van der Waals surface area contributed by atoms with Crippen molar-refractivity contribution in [3.63, 3.8) is 0 Å². The smallest absolute Gasteiger partial charge is 0.328 e. The zero-order chi connectivity index (χ0) is 14.5. The van der Waals surface area contributed by atoms with Crippen molar-refractivity contribution in [1.29, 1.82) is 0 Å². The number of aliphatic carboxylic acids is 2. The first-order valence-corrected chi connectivity index (χ1v) is 5.91. The molecule has 0 amide bonds. The van der Waals surface area contributed by atoms with Gasteiger partial charge in [-0.25, -0.2) is 9.59 Å². The van der Waals surface area contributed by atoms with Gasteiger partial charge in [0.1, 0.15) is 0 Å². The first kappa shape index (κ1) is 13.5. The van der Waals surface area contributed by atoms with Crippen LogP contribution in [0.4, 0.5) is 0 Å². The van der Waals surface area contributed by atoms with Crippen LogP contribution in [0, 0.1) is 0 Å². The maximum absolute atomic E-state index is 10.6. The lowest BCUT2D eigenvalue weighted by atomic mass is 9.98. The van der Waals surface area contributed by atoms with Crippen LogP contribution in [0.25, 0.3) is 22.9 Å². The Balaban J connectivity index is 2.64. The molecule has 0 radical (unpaired) electrons. The maximum atomic E-state index is 10.6. The second-order valence-electron chi connectivity index (χ2n) is 4.14. The van der Waals surface area contributed by atoms with Crippen LogP contribution in [-0.4, -0.2) is 22.2 Å². The van der Waals surface area contributed by atoms with Gasteiger partial charge in [-0.1, -0.05) is 36.4 Å². The topological polar surface area (TPSA) is 74.6 Å². The predicted octanol–water partition coefficient (Wildman–Crippen LogP) is 3.04. The van der Waals surface area contributed by atoms with Crippen LogP contribution in [0.2, 0.25) is 0 Å². The Bertz CT molecular complexity index is 668. The molecule has 2 rings (SSSR count). The third-order valence-electron chi connectivity index (χ3n) is 2.78. The monoisotopic (exact) mass is 268 g/mol. The van der Waals surface area contributed by atoms with Gasteiger partial charge in [0.15, 0.2) is 0 Å². The van der Waals surface area contributed by atoms with E-state index in [0.29, 0.717) is 0 Å². The van der Waals surface area contributed by atoms with Crippen molar-refractivity contribution < 1.29 is 19.8 Å². The number of hydrogen-bond donors (Lipinski definition) is 2. The highest BCUT2D eigenvalue weighted by Crippen LogP contribution is 2.25. The molecule has 0 aromatic heterocycles. The fourth-order valence-electron chi connectivity index (χ4n) is 2.00.